The van der Waals surface area contributed by atoms with E-state index in [1.54, 1.807) is 29.2 Å². The molecule has 1 amide bonds. The minimum atomic E-state index is -1.26. The molecule has 3 unspecified atom stereocenters. The van der Waals surface area contributed by atoms with Crippen LogP contribution in [0.1, 0.15) is 31.4 Å². The molecule has 0 aliphatic heterocycles. The van der Waals surface area contributed by atoms with Crippen LogP contribution in [0.4, 0.5) is 5.69 Å². The predicted octanol–water partition coefficient (Wildman–Crippen LogP) is 5.38. The van der Waals surface area contributed by atoms with E-state index in [0.717, 1.165) is 5.56 Å². The molecular weight excluding hydrogens is 446 g/mol. The number of carboxylic acids is 2. The molecule has 0 saturated heterocycles. The van der Waals surface area contributed by atoms with E-state index in [-0.39, 0.29) is 18.4 Å². The number of nitrogens with zero attached hydrogens (tertiary/aromatic N) is 1. The number of carbonyl (C=O) groups is 3. The van der Waals surface area contributed by atoms with Gasteiger partial charge in [0.1, 0.15) is 11.5 Å². The number of amides is 1. The highest BCUT2D eigenvalue weighted by atomic mass is 16.5. The number of hydrogen-bond acceptors (Lipinski definition) is 4. The molecular formula is C28H27NO6. The Morgan fingerprint density at radius 3 is 1.94 bits per heavy atom. The van der Waals surface area contributed by atoms with Crippen LogP contribution in [-0.4, -0.2) is 28.1 Å². The molecule has 180 valence electrons. The molecule has 1 saturated carbocycles. The molecule has 7 nitrogen and oxygen atoms in total. The standard InChI is InChI=1S/C28H27NO6/c1-2-24(18-9-5-3-6-10-18)29(26(30)22-17-23(27(31)32)25(22)28(33)34)19-13-15-21(16-14-19)35-20-11-7-4-8-12-20/h3-16,22-25H,2,17H2,1H3,(H,31,32)(H,33,34)/t22?,23?,24-,25?/m0/s1. The number of rotatable bonds is 9. The monoisotopic (exact) mass is 473 g/mol. The van der Waals surface area contributed by atoms with Gasteiger partial charge in [-0.05, 0) is 54.8 Å². The van der Waals surface area contributed by atoms with E-state index in [1.807, 2.05) is 67.6 Å². The van der Waals surface area contributed by atoms with Crippen LogP contribution in [0.3, 0.4) is 0 Å². The molecule has 1 fully saturated rings. The molecule has 0 aromatic heterocycles. The van der Waals surface area contributed by atoms with Gasteiger partial charge in [-0.25, -0.2) is 0 Å². The highest BCUT2D eigenvalue weighted by molar-refractivity contribution is 6.00. The Balaban J connectivity index is 1.67. The molecule has 0 bridgehead atoms. The van der Waals surface area contributed by atoms with Gasteiger partial charge in [-0.3, -0.25) is 14.4 Å². The van der Waals surface area contributed by atoms with E-state index in [2.05, 4.69) is 0 Å². The smallest absolute Gasteiger partial charge is 0.308 e. The van der Waals surface area contributed by atoms with Gasteiger partial charge in [-0.2, -0.15) is 0 Å². The van der Waals surface area contributed by atoms with Gasteiger partial charge < -0.3 is 19.8 Å². The van der Waals surface area contributed by atoms with Crippen LogP contribution >= 0.6 is 0 Å². The number of hydrogen-bond donors (Lipinski definition) is 2. The molecule has 0 radical (unpaired) electrons. The molecule has 2 N–H and O–H groups in total. The van der Waals surface area contributed by atoms with Crippen LogP contribution in [0.25, 0.3) is 0 Å². The second-order valence-corrected chi connectivity index (χ2v) is 8.60. The Morgan fingerprint density at radius 1 is 0.829 bits per heavy atom. The second-order valence-electron chi connectivity index (χ2n) is 8.60. The van der Waals surface area contributed by atoms with E-state index < -0.39 is 29.7 Å². The van der Waals surface area contributed by atoms with Crippen molar-refractivity contribution in [2.75, 3.05) is 4.90 Å². The zero-order chi connectivity index (χ0) is 24.9. The Bertz CT molecular complexity index is 1180. The van der Waals surface area contributed by atoms with Gasteiger partial charge in [0.25, 0.3) is 0 Å². The number of aliphatic carboxylic acids is 2. The topological polar surface area (TPSA) is 104 Å². The van der Waals surface area contributed by atoms with Gasteiger partial charge in [0.15, 0.2) is 0 Å². The van der Waals surface area contributed by atoms with Crippen LogP contribution in [0.2, 0.25) is 0 Å². The average molecular weight is 474 g/mol. The fraction of sp³-hybridized carbons (Fsp3) is 0.250. The highest BCUT2D eigenvalue weighted by Crippen LogP contribution is 2.44. The van der Waals surface area contributed by atoms with E-state index >= 15 is 0 Å². The molecule has 3 aromatic carbocycles. The normalized spacial score (nSPS) is 19.7. The van der Waals surface area contributed by atoms with Gasteiger partial charge in [0.05, 0.1) is 23.8 Å². The third kappa shape index (κ3) is 5.04. The van der Waals surface area contributed by atoms with E-state index in [0.29, 0.717) is 23.6 Å². The number of carboxylic acid groups (broad SMARTS) is 2. The van der Waals surface area contributed by atoms with Gasteiger partial charge in [0, 0.05) is 5.69 Å². The Labute approximate surface area is 203 Å². The van der Waals surface area contributed by atoms with Crippen molar-refractivity contribution in [3.05, 3.63) is 90.5 Å². The SMILES string of the molecule is CC[C@@H](c1ccccc1)N(C(=O)C1CC(C(=O)O)C1C(=O)O)c1ccc(Oc2ccccc2)cc1. The molecule has 7 heteroatoms. The highest BCUT2D eigenvalue weighted by Gasteiger charge is 2.54. The van der Waals surface area contributed by atoms with Gasteiger partial charge in [-0.15, -0.1) is 0 Å². The van der Waals surface area contributed by atoms with Crippen LogP contribution in [0.15, 0.2) is 84.9 Å². The van der Waals surface area contributed by atoms with Crippen molar-refractivity contribution in [3.8, 4) is 11.5 Å². The summed E-state index contributed by atoms with van der Waals surface area (Å²) in [5.41, 5.74) is 1.50. The van der Waals surface area contributed by atoms with Crippen molar-refractivity contribution in [1.82, 2.24) is 0 Å². The van der Waals surface area contributed by atoms with E-state index in [1.165, 1.54) is 0 Å². The number of benzene rings is 3. The fourth-order valence-corrected chi connectivity index (χ4v) is 4.69. The number of carbonyl (C=O) groups excluding carboxylic acids is 1. The van der Waals surface area contributed by atoms with E-state index in [9.17, 15) is 24.6 Å². The maximum absolute atomic E-state index is 13.8. The minimum Gasteiger partial charge on any atom is -0.481 e. The summed E-state index contributed by atoms with van der Waals surface area (Å²) in [5.74, 6) is -4.79. The average Bonchev–Trinajstić information content (AvgIpc) is 2.83. The Kier molecular flexibility index (Phi) is 7.15. The minimum absolute atomic E-state index is 0.00204. The summed E-state index contributed by atoms with van der Waals surface area (Å²) in [5, 5.41) is 19.1. The Morgan fingerprint density at radius 2 is 1.40 bits per heavy atom. The number of para-hydroxylation sites is 1. The predicted molar refractivity (Wildman–Crippen MR) is 130 cm³/mol. The van der Waals surface area contributed by atoms with Crippen LogP contribution < -0.4 is 9.64 Å². The number of ether oxygens (including phenoxy) is 1. The van der Waals surface area contributed by atoms with Gasteiger partial charge in [0.2, 0.25) is 5.91 Å². The van der Waals surface area contributed by atoms with Crippen LogP contribution in [0.5, 0.6) is 11.5 Å². The first kappa shape index (κ1) is 24.0. The van der Waals surface area contributed by atoms with Crippen molar-refractivity contribution < 1.29 is 29.3 Å². The van der Waals surface area contributed by atoms with E-state index in [4.69, 9.17) is 4.74 Å². The first-order chi connectivity index (χ1) is 16.9. The fourth-order valence-electron chi connectivity index (χ4n) is 4.69. The van der Waals surface area contributed by atoms with Gasteiger partial charge >= 0.3 is 11.9 Å². The Hall–Kier alpha value is -4.13. The van der Waals surface area contributed by atoms with Crippen molar-refractivity contribution >= 4 is 23.5 Å². The first-order valence-corrected chi connectivity index (χ1v) is 11.6. The summed E-state index contributed by atoms with van der Waals surface area (Å²) in [6.45, 7) is 1.96. The summed E-state index contributed by atoms with van der Waals surface area (Å²) in [7, 11) is 0. The molecule has 1 aliphatic carbocycles. The summed E-state index contributed by atoms with van der Waals surface area (Å²) >= 11 is 0. The summed E-state index contributed by atoms with van der Waals surface area (Å²) < 4.78 is 5.87. The van der Waals surface area contributed by atoms with Crippen molar-refractivity contribution in [3.63, 3.8) is 0 Å². The third-order valence-electron chi connectivity index (χ3n) is 6.51. The second kappa shape index (κ2) is 10.4. The van der Waals surface area contributed by atoms with Crippen molar-refractivity contribution in [2.24, 2.45) is 17.8 Å². The molecule has 4 atom stereocenters. The lowest BCUT2D eigenvalue weighted by Gasteiger charge is -2.43. The van der Waals surface area contributed by atoms with Crippen molar-refractivity contribution in [1.29, 1.82) is 0 Å². The summed E-state index contributed by atoms with van der Waals surface area (Å²) in [6.07, 6.45) is 0.590. The maximum Gasteiger partial charge on any atom is 0.308 e. The quantitative estimate of drug-likeness (QED) is 0.432. The molecule has 0 spiro atoms. The molecule has 3 aromatic rings. The van der Waals surface area contributed by atoms with Gasteiger partial charge in [-0.1, -0.05) is 55.5 Å². The molecule has 4 rings (SSSR count). The summed E-state index contributed by atoms with van der Waals surface area (Å²) in [4.78, 5) is 38.8. The lowest BCUT2D eigenvalue weighted by Crippen LogP contribution is -2.54. The largest absolute Gasteiger partial charge is 0.481 e. The zero-order valence-corrected chi connectivity index (χ0v) is 19.3. The van der Waals surface area contributed by atoms with Crippen molar-refractivity contribution in [2.45, 2.75) is 25.8 Å². The molecule has 0 heterocycles. The first-order valence-electron chi connectivity index (χ1n) is 11.6. The number of anilines is 1. The molecule has 35 heavy (non-hydrogen) atoms. The van der Waals surface area contributed by atoms with Crippen LogP contribution in [-0.2, 0) is 14.4 Å². The van der Waals surface area contributed by atoms with Crippen LogP contribution in [0, 0.1) is 17.8 Å². The summed E-state index contributed by atoms with van der Waals surface area (Å²) in [6, 6.07) is 25.6. The zero-order valence-electron chi connectivity index (χ0n) is 19.3. The lowest BCUT2D eigenvalue weighted by molar-refractivity contribution is -0.168. The molecule has 1 aliphatic rings. The third-order valence-corrected chi connectivity index (χ3v) is 6.51. The lowest BCUT2D eigenvalue weighted by atomic mass is 9.64. The maximum atomic E-state index is 13.8.